The Morgan fingerprint density at radius 3 is 3.12 bits per heavy atom. The lowest BCUT2D eigenvalue weighted by Crippen LogP contribution is -2.33. The normalized spacial score (nSPS) is 19.6. The molecule has 3 N–H and O–H groups in total. The molecule has 16 heavy (non-hydrogen) atoms. The average molecular weight is 221 g/mol. The molecular formula is C11H15N3O2. The van der Waals surface area contributed by atoms with Crippen LogP contribution in [0, 0.1) is 5.92 Å². The van der Waals surface area contributed by atoms with Gasteiger partial charge < -0.3 is 15.6 Å². The second-order valence-electron chi connectivity index (χ2n) is 3.99. The second-order valence-corrected chi connectivity index (χ2v) is 3.99. The van der Waals surface area contributed by atoms with Crippen molar-refractivity contribution in [2.45, 2.75) is 6.42 Å². The first-order valence-electron chi connectivity index (χ1n) is 5.43. The Kier molecular flexibility index (Phi) is 3.36. The number of nitrogens with one attached hydrogen (secondary N) is 3. The van der Waals surface area contributed by atoms with Gasteiger partial charge in [-0.05, 0) is 25.4 Å². The number of H-pyrrole nitrogens is 1. The van der Waals surface area contributed by atoms with Gasteiger partial charge in [0.15, 0.2) is 5.43 Å². The van der Waals surface area contributed by atoms with Gasteiger partial charge in [-0.15, -0.1) is 0 Å². The Hall–Kier alpha value is -1.62. The van der Waals surface area contributed by atoms with E-state index in [9.17, 15) is 9.59 Å². The third kappa shape index (κ3) is 2.49. The van der Waals surface area contributed by atoms with Crippen LogP contribution in [0.1, 0.15) is 16.8 Å². The maximum absolute atomic E-state index is 11.7. The van der Waals surface area contributed by atoms with E-state index in [1.807, 2.05) is 0 Å². The molecule has 1 unspecified atom stereocenters. The third-order valence-electron chi connectivity index (χ3n) is 2.78. The van der Waals surface area contributed by atoms with Gasteiger partial charge >= 0.3 is 0 Å². The van der Waals surface area contributed by atoms with Gasteiger partial charge in [0.05, 0.1) is 0 Å². The lowest BCUT2D eigenvalue weighted by molar-refractivity contribution is 0.0947. The molecule has 1 aliphatic heterocycles. The van der Waals surface area contributed by atoms with E-state index in [0.717, 1.165) is 19.5 Å². The fraction of sp³-hybridized carbons (Fsp3) is 0.455. The van der Waals surface area contributed by atoms with Crippen LogP contribution in [0.3, 0.4) is 0 Å². The molecule has 1 aliphatic rings. The number of hydrogen-bond acceptors (Lipinski definition) is 3. The number of pyridine rings is 1. The molecule has 5 heteroatoms. The number of aromatic nitrogens is 1. The highest BCUT2D eigenvalue weighted by atomic mass is 16.2. The first kappa shape index (κ1) is 10.9. The van der Waals surface area contributed by atoms with Gasteiger partial charge in [-0.25, -0.2) is 0 Å². The van der Waals surface area contributed by atoms with Gasteiger partial charge in [-0.2, -0.15) is 0 Å². The largest absolute Gasteiger partial charge is 0.367 e. The Morgan fingerprint density at radius 1 is 1.56 bits per heavy atom. The van der Waals surface area contributed by atoms with Gasteiger partial charge in [-0.3, -0.25) is 9.59 Å². The fourth-order valence-electron chi connectivity index (χ4n) is 1.81. The minimum absolute atomic E-state index is 0.174. The van der Waals surface area contributed by atoms with Crippen molar-refractivity contribution >= 4 is 5.91 Å². The van der Waals surface area contributed by atoms with Crippen LogP contribution in [-0.2, 0) is 0 Å². The number of aromatic amines is 1. The van der Waals surface area contributed by atoms with Gasteiger partial charge in [0.1, 0.15) is 5.56 Å². The first-order valence-corrected chi connectivity index (χ1v) is 5.43. The van der Waals surface area contributed by atoms with Crippen LogP contribution in [0.4, 0.5) is 0 Å². The van der Waals surface area contributed by atoms with E-state index in [2.05, 4.69) is 15.6 Å². The Balaban J connectivity index is 1.93. The number of carbonyl (C=O) groups is 1. The van der Waals surface area contributed by atoms with Crippen molar-refractivity contribution in [1.29, 1.82) is 0 Å². The molecule has 2 heterocycles. The highest BCUT2D eigenvalue weighted by molar-refractivity contribution is 5.93. The SMILES string of the molecule is O=C(NCC1CCNC1)c1c[nH]ccc1=O. The predicted octanol–water partition coefficient (Wildman–Crippen LogP) is -0.286. The van der Waals surface area contributed by atoms with Crippen LogP contribution in [0.25, 0.3) is 0 Å². The number of carbonyl (C=O) groups excluding carboxylic acids is 1. The minimum atomic E-state index is -0.297. The maximum Gasteiger partial charge on any atom is 0.256 e. The number of rotatable bonds is 3. The van der Waals surface area contributed by atoms with E-state index in [0.29, 0.717) is 12.5 Å². The van der Waals surface area contributed by atoms with Crippen molar-refractivity contribution in [3.8, 4) is 0 Å². The van der Waals surface area contributed by atoms with Crippen LogP contribution < -0.4 is 16.1 Å². The minimum Gasteiger partial charge on any atom is -0.367 e. The van der Waals surface area contributed by atoms with Crippen LogP contribution in [-0.4, -0.2) is 30.5 Å². The van der Waals surface area contributed by atoms with Gasteiger partial charge in [0.25, 0.3) is 5.91 Å². The summed E-state index contributed by atoms with van der Waals surface area (Å²) in [6, 6.07) is 1.35. The summed E-state index contributed by atoms with van der Waals surface area (Å²) in [7, 11) is 0. The molecule has 1 fully saturated rings. The Labute approximate surface area is 93.3 Å². The van der Waals surface area contributed by atoms with E-state index >= 15 is 0 Å². The fourth-order valence-corrected chi connectivity index (χ4v) is 1.81. The molecule has 0 saturated carbocycles. The average Bonchev–Trinajstić information content (AvgIpc) is 2.79. The molecule has 5 nitrogen and oxygen atoms in total. The number of amides is 1. The number of hydrogen-bond donors (Lipinski definition) is 3. The first-order chi connectivity index (χ1) is 7.77. The summed E-state index contributed by atoms with van der Waals surface area (Å²) in [5.41, 5.74) is -0.0748. The zero-order valence-electron chi connectivity index (χ0n) is 8.95. The van der Waals surface area contributed by atoms with Gasteiger partial charge in [-0.1, -0.05) is 0 Å². The molecule has 86 valence electrons. The summed E-state index contributed by atoms with van der Waals surface area (Å²) in [5.74, 6) is 0.181. The van der Waals surface area contributed by atoms with E-state index < -0.39 is 0 Å². The van der Waals surface area contributed by atoms with E-state index in [1.54, 1.807) is 0 Å². The predicted molar refractivity (Wildman–Crippen MR) is 60.4 cm³/mol. The van der Waals surface area contributed by atoms with Crippen molar-refractivity contribution in [3.05, 3.63) is 34.2 Å². The zero-order valence-corrected chi connectivity index (χ0v) is 8.95. The molecule has 1 amide bonds. The molecule has 1 atom stereocenters. The van der Waals surface area contributed by atoms with E-state index in [4.69, 9.17) is 0 Å². The van der Waals surface area contributed by atoms with Crippen molar-refractivity contribution in [3.63, 3.8) is 0 Å². The highest BCUT2D eigenvalue weighted by Gasteiger charge is 2.16. The Bertz CT molecular complexity index is 421. The second kappa shape index (κ2) is 4.94. The lowest BCUT2D eigenvalue weighted by atomic mass is 10.1. The smallest absolute Gasteiger partial charge is 0.256 e. The van der Waals surface area contributed by atoms with Gasteiger partial charge in [0, 0.05) is 25.0 Å². The molecule has 0 radical (unpaired) electrons. The summed E-state index contributed by atoms with van der Waals surface area (Å²) >= 11 is 0. The molecule has 0 spiro atoms. The van der Waals surface area contributed by atoms with Crippen molar-refractivity contribution in [2.24, 2.45) is 5.92 Å². The van der Waals surface area contributed by atoms with E-state index in [1.165, 1.54) is 18.5 Å². The molecule has 0 aliphatic carbocycles. The van der Waals surface area contributed by atoms with Crippen molar-refractivity contribution < 1.29 is 4.79 Å². The maximum atomic E-state index is 11.7. The van der Waals surface area contributed by atoms with Crippen LogP contribution in [0.2, 0.25) is 0 Å². The molecule has 1 aromatic heterocycles. The summed E-state index contributed by atoms with van der Waals surface area (Å²) in [4.78, 5) is 25.8. The highest BCUT2D eigenvalue weighted by Crippen LogP contribution is 2.05. The Morgan fingerprint density at radius 2 is 2.44 bits per heavy atom. The standard InChI is InChI=1S/C11H15N3O2/c15-10-2-4-13-7-9(10)11(16)14-6-8-1-3-12-5-8/h2,4,7-8,12H,1,3,5-6H2,(H,13,15)(H,14,16). The van der Waals surface area contributed by atoms with Crippen LogP contribution in [0.5, 0.6) is 0 Å². The summed E-state index contributed by atoms with van der Waals surface area (Å²) in [6.45, 7) is 2.57. The molecule has 0 aromatic carbocycles. The van der Waals surface area contributed by atoms with Crippen LogP contribution >= 0.6 is 0 Å². The monoisotopic (exact) mass is 221 g/mol. The summed E-state index contributed by atoms with van der Waals surface area (Å²) in [5, 5.41) is 6.01. The topological polar surface area (TPSA) is 74.0 Å². The molecule has 1 aromatic rings. The third-order valence-corrected chi connectivity index (χ3v) is 2.78. The van der Waals surface area contributed by atoms with Crippen LogP contribution in [0.15, 0.2) is 23.3 Å². The molecule has 1 saturated heterocycles. The quantitative estimate of drug-likeness (QED) is 0.657. The molecule has 0 bridgehead atoms. The lowest BCUT2D eigenvalue weighted by Gasteiger charge is -2.09. The van der Waals surface area contributed by atoms with Crippen molar-refractivity contribution in [1.82, 2.24) is 15.6 Å². The molecular weight excluding hydrogens is 206 g/mol. The summed E-state index contributed by atoms with van der Waals surface area (Å²) < 4.78 is 0. The summed E-state index contributed by atoms with van der Waals surface area (Å²) in [6.07, 6.45) is 4.02. The van der Waals surface area contributed by atoms with E-state index in [-0.39, 0.29) is 16.9 Å². The zero-order chi connectivity index (χ0) is 11.4. The van der Waals surface area contributed by atoms with Gasteiger partial charge in [0.2, 0.25) is 0 Å². The van der Waals surface area contributed by atoms with Crippen molar-refractivity contribution in [2.75, 3.05) is 19.6 Å². The molecule has 2 rings (SSSR count).